The number of ether oxygens (including phenoxy) is 1. The summed E-state index contributed by atoms with van der Waals surface area (Å²) >= 11 is 0. The van der Waals surface area contributed by atoms with Gasteiger partial charge in [0.2, 0.25) is 0 Å². The molecule has 0 atom stereocenters. The van der Waals surface area contributed by atoms with Crippen LogP contribution in [0, 0.1) is 0 Å². The Morgan fingerprint density at radius 3 is 2.21 bits per heavy atom. The van der Waals surface area contributed by atoms with E-state index in [9.17, 15) is 13.2 Å². The molecular weight excluding hydrogens is 255 g/mol. The molecule has 0 aromatic heterocycles. The molecule has 1 rings (SSSR count). The largest absolute Gasteiger partial charge is 0.573 e. The average Bonchev–Trinajstić information content (AvgIpc) is 2.35. The third-order valence-electron chi connectivity index (χ3n) is 3.46. The van der Waals surface area contributed by atoms with Crippen molar-refractivity contribution in [2.75, 3.05) is 0 Å². The number of hydrogen-bond acceptors (Lipinski definition) is 2. The minimum absolute atomic E-state index is 0.0780. The van der Waals surface area contributed by atoms with Gasteiger partial charge in [-0.05, 0) is 25.8 Å². The van der Waals surface area contributed by atoms with Crippen LogP contribution < -0.4 is 10.1 Å². The van der Waals surface area contributed by atoms with E-state index >= 15 is 0 Å². The summed E-state index contributed by atoms with van der Waals surface area (Å²) in [6, 6.07) is 6.21. The van der Waals surface area contributed by atoms with E-state index in [4.69, 9.17) is 0 Å². The quantitative estimate of drug-likeness (QED) is 0.837. The normalized spacial score (nSPS) is 12.5. The van der Waals surface area contributed by atoms with Crippen LogP contribution in [0.2, 0.25) is 0 Å². The van der Waals surface area contributed by atoms with Crippen LogP contribution in [-0.2, 0) is 6.54 Å². The monoisotopic (exact) mass is 275 g/mol. The molecular formula is C14H20F3NO. The lowest BCUT2D eigenvalue weighted by Crippen LogP contribution is -2.40. The van der Waals surface area contributed by atoms with Gasteiger partial charge in [0.05, 0.1) is 0 Å². The second-order valence-corrected chi connectivity index (χ2v) is 4.78. The Balaban J connectivity index is 2.78. The Kier molecular flexibility index (Phi) is 5.23. The van der Waals surface area contributed by atoms with Gasteiger partial charge in [0, 0.05) is 17.6 Å². The van der Waals surface area contributed by atoms with Crippen LogP contribution in [0.4, 0.5) is 13.2 Å². The summed E-state index contributed by atoms with van der Waals surface area (Å²) in [4.78, 5) is 0. The number of para-hydroxylation sites is 1. The first-order chi connectivity index (χ1) is 8.79. The Hall–Kier alpha value is -1.23. The number of alkyl halides is 3. The van der Waals surface area contributed by atoms with Crippen LogP contribution in [0.25, 0.3) is 0 Å². The van der Waals surface area contributed by atoms with E-state index in [-0.39, 0.29) is 11.3 Å². The van der Waals surface area contributed by atoms with Crippen LogP contribution in [0.5, 0.6) is 5.75 Å². The first-order valence-electron chi connectivity index (χ1n) is 6.38. The van der Waals surface area contributed by atoms with Crippen molar-refractivity contribution in [3.8, 4) is 5.75 Å². The lowest BCUT2D eigenvalue weighted by Gasteiger charge is -2.28. The van der Waals surface area contributed by atoms with Crippen molar-refractivity contribution in [3.63, 3.8) is 0 Å². The molecule has 0 heterocycles. The van der Waals surface area contributed by atoms with Crippen LogP contribution in [0.1, 0.15) is 39.2 Å². The molecule has 1 aromatic rings. The first-order valence-corrected chi connectivity index (χ1v) is 6.38. The van der Waals surface area contributed by atoms with Crippen molar-refractivity contribution < 1.29 is 17.9 Å². The van der Waals surface area contributed by atoms with Crippen molar-refractivity contribution in [2.45, 2.75) is 52.1 Å². The number of benzene rings is 1. The molecule has 0 radical (unpaired) electrons. The van der Waals surface area contributed by atoms with Gasteiger partial charge in [0.25, 0.3) is 0 Å². The smallest absolute Gasteiger partial charge is 0.405 e. The predicted molar refractivity (Wildman–Crippen MR) is 69.0 cm³/mol. The standard InChI is InChI=1S/C14H20F3NO/c1-4-13(3,5-2)18-10-11-8-6-7-9-12(11)19-14(15,16)17/h6-9,18H,4-5,10H2,1-3H3. The molecule has 108 valence electrons. The molecule has 0 bridgehead atoms. The number of rotatable bonds is 6. The Bertz CT molecular complexity index is 400. The van der Waals surface area contributed by atoms with Gasteiger partial charge in [0.1, 0.15) is 5.75 Å². The molecule has 0 unspecified atom stereocenters. The topological polar surface area (TPSA) is 21.3 Å². The summed E-state index contributed by atoms with van der Waals surface area (Å²) in [5, 5.41) is 3.29. The zero-order valence-corrected chi connectivity index (χ0v) is 11.5. The van der Waals surface area contributed by atoms with Crippen molar-refractivity contribution in [3.05, 3.63) is 29.8 Å². The second-order valence-electron chi connectivity index (χ2n) is 4.78. The molecule has 0 spiro atoms. The van der Waals surface area contributed by atoms with Gasteiger partial charge in [-0.15, -0.1) is 13.2 Å². The van der Waals surface area contributed by atoms with Gasteiger partial charge in [-0.3, -0.25) is 0 Å². The molecule has 5 heteroatoms. The zero-order chi connectivity index (χ0) is 14.5. The van der Waals surface area contributed by atoms with E-state index in [1.165, 1.54) is 12.1 Å². The highest BCUT2D eigenvalue weighted by atomic mass is 19.4. The molecule has 0 saturated carbocycles. The molecule has 1 aromatic carbocycles. The summed E-state index contributed by atoms with van der Waals surface area (Å²) in [5.74, 6) is -0.142. The second kappa shape index (κ2) is 6.28. The predicted octanol–water partition coefficient (Wildman–Crippen LogP) is 4.25. The summed E-state index contributed by atoms with van der Waals surface area (Å²) in [5.41, 5.74) is 0.429. The first kappa shape index (κ1) is 15.8. The molecule has 19 heavy (non-hydrogen) atoms. The van der Waals surface area contributed by atoms with Crippen LogP contribution in [-0.4, -0.2) is 11.9 Å². The summed E-state index contributed by atoms with van der Waals surface area (Å²) in [6.07, 6.45) is -2.84. The van der Waals surface area contributed by atoms with Crippen molar-refractivity contribution >= 4 is 0 Å². The maximum Gasteiger partial charge on any atom is 0.573 e. The van der Waals surface area contributed by atoms with Crippen molar-refractivity contribution in [2.24, 2.45) is 0 Å². The fourth-order valence-electron chi connectivity index (χ4n) is 1.68. The number of halogens is 3. The lowest BCUT2D eigenvalue weighted by molar-refractivity contribution is -0.274. The van der Waals surface area contributed by atoms with E-state index in [2.05, 4.69) is 30.8 Å². The highest BCUT2D eigenvalue weighted by Crippen LogP contribution is 2.26. The van der Waals surface area contributed by atoms with Gasteiger partial charge < -0.3 is 10.1 Å². The summed E-state index contributed by atoms with van der Waals surface area (Å²) in [7, 11) is 0. The van der Waals surface area contributed by atoms with E-state index < -0.39 is 6.36 Å². The van der Waals surface area contributed by atoms with Gasteiger partial charge >= 0.3 is 6.36 Å². The summed E-state index contributed by atoms with van der Waals surface area (Å²) in [6.45, 7) is 6.51. The average molecular weight is 275 g/mol. The highest BCUT2D eigenvalue weighted by molar-refractivity contribution is 5.33. The van der Waals surface area contributed by atoms with E-state index in [0.717, 1.165) is 12.8 Å². The third-order valence-corrected chi connectivity index (χ3v) is 3.46. The molecule has 0 amide bonds. The number of hydrogen-bond donors (Lipinski definition) is 1. The molecule has 0 aliphatic carbocycles. The maximum absolute atomic E-state index is 12.3. The third kappa shape index (κ3) is 5.11. The van der Waals surface area contributed by atoms with Gasteiger partial charge in [0.15, 0.2) is 0 Å². The Morgan fingerprint density at radius 2 is 1.68 bits per heavy atom. The highest BCUT2D eigenvalue weighted by Gasteiger charge is 2.32. The Morgan fingerprint density at radius 1 is 1.11 bits per heavy atom. The van der Waals surface area contributed by atoms with Gasteiger partial charge in [-0.2, -0.15) is 0 Å². The van der Waals surface area contributed by atoms with Crippen LogP contribution >= 0.6 is 0 Å². The molecule has 0 fully saturated rings. The maximum atomic E-state index is 12.3. The summed E-state index contributed by atoms with van der Waals surface area (Å²) < 4.78 is 40.9. The Labute approximate surface area is 112 Å². The molecule has 1 N–H and O–H groups in total. The number of nitrogens with one attached hydrogen (secondary N) is 1. The lowest BCUT2D eigenvalue weighted by atomic mass is 9.95. The van der Waals surface area contributed by atoms with Crippen molar-refractivity contribution in [1.29, 1.82) is 0 Å². The van der Waals surface area contributed by atoms with Gasteiger partial charge in [-0.1, -0.05) is 32.0 Å². The zero-order valence-electron chi connectivity index (χ0n) is 11.5. The molecule has 0 saturated heterocycles. The van der Waals surface area contributed by atoms with E-state index in [1.807, 2.05) is 0 Å². The minimum Gasteiger partial charge on any atom is -0.405 e. The van der Waals surface area contributed by atoms with Gasteiger partial charge in [-0.25, -0.2) is 0 Å². The minimum atomic E-state index is -4.66. The fraction of sp³-hybridized carbons (Fsp3) is 0.571. The van der Waals surface area contributed by atoms with Crippen molar-refractivity contribution in [1.82, 2.24) is 5.32 Å². The molecule has 0 aliphatic heterocycles. The van der Waals surface area contributed by atoms with E-state index in [1.54, 1.807) is 12.1 Å². The van der Waals surface area contributed by atoms with Crippen LogP contribution in [0.15, 0.2) is 24.3 Å². The molecule has 2 nitrogen and oxygen atoms in total. The van der Waals surface area contributed by atoms with Crippen LogP contribution in [0.3, 0.4) is 0 Å². The SMILES string of the molecule is CCC(C)(CC)NCc1ccccc1OC(F)(F)F. The molecule has 0 aliphatic rings. The fourth-order valence-corrected chi connectivity index (χ4v) is 1.68. The van der Waals surface area contributed by atoms with E-state index in [0.29, 0.717) is 12.1 Å².